The van der Waals surface area contributed by atoms with Crippen molar-refractivity contribution in [2.45, 2.75) is 45.2 Å². The topological polar surface area (TPSA) is 95.9 Å². The van der Waals surface area contributed by atoms with E-state index in [0.29, 0.717) is 5.57 Å². The van der Waals surface area contributed by atoms with Gasteiger partial charge in [-0.2, -0.15) is 0 Å². The van der Waals surface area contributed by atoms with Crippen LogP contribution in [0, 0.1) is 5.92 Å². The molecule has 0 radical (unpaired) electrons. The van der Waals surface area contributed by atoms with Crippen molar-refractivity contribution in [3.63, 3.8) is 0 Å². The van der Waals surface area contributed by atoms with Crippen LogP contribution in [0.4, 0.5) is 4.79 Å². The Bertz CT molecular complexity index is 509. The highest BCUT2D eigenvalue weighted by Gasteiger charge is 2.52. The van der Waals surface area contributed by atoms with Crippen LogP contribution in [0.2, 0.25) is 0 Å². The lowest BCUT2D eigenvalue weighted by Gasteiger charge is -2.33. The fourth-order valence-corrected chi connectivity index (χ4v) is 3.27. The third-order valence-corrected chi connectivity index (χ3v) is 4.20. The third-order valence-electron chi connectivity index (χ3n) is 4.20. The molecule has 2 aliphatic rings. The number of nitrogens with one attached hydrogen (secondary N) is 1. The SMILES string of the molecule is COC(=O)NC(C(=O)N1C2CCC(C2)[C@H]1C(=O)O)=C(C)C. The van der Waals surface area contributed by atoms with Crippen LogP contribution in [0.3, 0.4) is 0 Å². The molecule has 1 heterocycles. The minimum Gasteiger partial charge on any atom is -0.480 e. The predicted octanol–water partition coefficient (Wildman–Crippen LogP) is 1.10. The van der Waals surface area contributed by atoms with E-state index in [1.54, 1.807) is 13.8 Å². The Kier molecular flexibility index (Phi) is 4.20. The minimum absolute atomic E-state index is 0.00740. The molecule has 2 rings (SSSR count). The van der Waals surface area contributed by atoms with E-state index in [-0.39, 0.29) is 17.7 Å². The first-order valence-electron chi connectivity index (χ1n) is 6.94. The van der Waals surface area contributed by atoms with Gasteiger partial charge in [0.1, 0.15) is 11.7 Å². The molecule has 3 atom stereocenters. The normalized spacial score (nSPS) is 26.4. The molecule has 0 spiro atoms. The Hall–Kier alpha value is -2.05. The van der Waals surface area contributed by atoms with Gasteiger partial charge in [-0.3, -0.25) is 10.1 Å². The predicted molar refractivity (Wildman–Crippen MR) is 73.3 cm³/mol. The summed E-state index contributed by atoms with van der Waals surface area (Å²) in [5.74, 6) is -1.42. The van der Waals surface area contributed by atoms with Gasteiger partial charge in [0.05, 0.1) is 7.11 Å². The summed E-state index contributed by atoms with van der Waals surface area (Å²) in [5.41, 5.74) is 0.706. The molecule has 1 aliphatic carbocycles. The number of methoxy groups -OCH3 is 1. The lowest BCUT2D eigenvalue weighted by atomic mass is 9.98. The van der Waals surface area contributed by atoms with E-state index in [4.69, 9.17) is 0 Å². The molecule has 21 heavy (non-hydrogen) atoms. The zero-order chi connectivity index (χ0) is 15.7. The van der Waals surface area contributed by atoms with E-state index in [9.17, 15) is 19.5 Å². The van der Waals surface area contributed by atoms with Gasteiger partial charge in [-0.25, -0.2) is 9.59 Å². The molecule has 1 saturated heterocycles. The highest BCUT2D eigenvalue weighted by molar-refractivity contribution is 5.99. The maximum atomic E-state index is 12.7. The summed E-state index contributed by atoms with van der Waals surface area (Å²) < 4.78 is 4.51. The molecule has 1 aliphatic heterocycles. The number of carbonyl (C=O) groups excluding carboxylic acids is 2. The highest BCUT2D eigenvalue weighted by Crippen LogP contribution is 2.43. The maximum absolute atomic E-state index is 12.7. The van der Waals surface area contributed by atoms with Gasteiger partial charge < -0.3 is 14.7 Å². The summed E-state index contributed by atoms with van der Waals surface area (Å²) in [6, 6.07) is -0.859. The number of amides is 2. The van der Waals surface area contributed by atoms with Crippen LogP contribution in [-0.2, 0) is 14.3 Å². The molecule has 2 N–H and O–H groups in total. The summed E-state index contributed by atoms with van der Waals surface area (Å²) >= 11 is 0. The summed E-state index contributed by atoms with van der Waals surface area (Å²) in [7, 11) is 1.21. The first-order chi connectivity index (χ1) is 9.86. The molecule has 7 heteroatoms. The molecular formula is C14H20N2O5. The zero-order valence-corrected chi connectivity index (χ0v) is 12.4. The lowest BCUT2D eigenvalue weighted by Crippen LogP contribution is -2.51. The van der Waals surface area contributed by atoms with Gasteiger partial charge in [0.15, 0.2) is 0 Å². The van der Waals surface area contributed by atoms with Gasteiger partial charge in [0.25, 0.3) is 5.91 Å². The Morgan fingerprint density at radius 3 is 2.43 bits per heavy atom. The molecule has 7 nitrogen and oxygen atoms in total. The van der Waals surface area contributed by atoms with Gasteiger partial charge in [-0.1, -0.05) is 0 Å². The number of likely N-dealkylation sites (tertiary alicyclic amines) is 1. The summed E-state index contributed by atoms with van der Waals surface area (Å²) in [5, 5.41) is 11.8. The highest BCUT2D eigenvalue weighted by atomic mass is 16.5. The van der Waals surface area contributed by atoms with Crippen molar-refractivity contribution < 1.29 is 24.2 Å². The van der Waals surface area contributed by atoms with Crippen molar-refractivity contribution in [3.8, 4) is 0 Å². The smallest absolute Gasteiger partial charge is 0.411 e. The Morgan fingerprint density at radius 2 is 1.90 bits per heavy atom. The molecule has 0 aromatic heterocycles. The summed E-state index contributed by atoms with van der Waals surface area (Å²) in [6.07, 6.45) is 1.63. The van der Waals surface area contributed by atoms with E-state index in [1.807, 2.05) is 0 Å². The molecular weight excluding hydrogens is 276 g/mol. The Labute approximate surface area is 122 Å². The molecule has 2 bridgehead atoms. The zero-order valence-electron chi connectivity index (χ0n) is 12.4. The van der Waals surface area contributed by atoms with E-state index >= 15 is 0 Å². The largest absolute Gasteiger partial charge is 0.480 e. The van der Waals surface area contributed by atoms with Gasteiger partial charge in [0, 0.05) is 6.04 Å². The molecule has 116 valence electrons. The minimum atomic E-state index is -0.985. The molecule has 2 unspecified atom stereocenters. The van der Waals surface area contributed by atoms with Crippen molar-refractivity contribution in [2.24, 2.45) is 5.92 Å². The number of nitrogens with zero attached hydrogens (tertiary/aromatic N) is 1. The average Bonchev–Trinajstić information content (AvgIpc) is 3.03. The molecule has 0 aromatic rings. The monoisotopic (exact) mass is 296 g/mol. The number of piperidine rings is 1. The lowest BCUT2D eigenvalue weighted by molar-refractivity contribution is -0.151. The van der Waals surface area contributed by atoms with Gasteiger partial charge >= 0.3 is 12.1 Å². The number of allylic oxidation sites excluding steroid dienone is 1. The van der Waals surface area contributed by atoms with Gasteiger partial charge in [-0.05, 0) is 44.6 Å². The van der Waals surface area contributed by atoms with Crippen LogP contribution in [0.1, 0.15) is 33.1 Å². The Balaban J connectivity index is 2.26. The number of alkyl carbamates (subject to hydrolysis) is 1. The molecule has 1 saturated carbocycles. The van der Waals surface area contributed by atoms with Crippen LogP contribution in [0.5, 0.6) is 0 Å². The first kappa shape index (κ1) is 15.3. The van der Waals surface area contributed by atoms with Crippen LogP contribution < -0.4 is 5.32 Å². The molecule has 2 amide bonds. The van der Waals surface area contributed by atoms with Crippen molar-refractivity contribution in [2.75, 3.05) is 7.11 Å². The van der Waals surface area contributed by atoms with Gasteiger partial charge in [-0.15, -0.1) is 0 Å². The average molecular weight is 296 g/mol. The van der Waals surface area contributed by atoms with Crippen LogP contribution in [0.25, 0.3) is 0 Å². The quantitative estimate of drug-likeness (QED) is 0.760. The Morgan fingerprint density at radius 1 is 1.24 bits per heavy atom. The summed E-state index contributed by atoms with van der Waals surface area (Å²) in [6.45, 7) is 3.38. The molecule has 0 aromatic carbocycles. The third kappa shape index (κ3) is 2.72. The van der Waals surface area contributed by atoms with Crippen LogP contribution in [0.15, 0.2) is 11.3 Å². The second kappa shape index (κ2) is 5.75. The number of hydrogen-bond acceptors (Lipinski definition) is 4. The molecule has 2 fully saturated rings. The second-order valence-corrected chi connectivity index (χ2v) is 5.71. The van der Waals surface area contributed by atoms with E-state index < -0.39 is 24.0 Å². The fraction of sp³-hybridized carbons (Fsp3) is 0.643. The number of ether oxygens (including phenoxy) is 1. The number of carboxylic acids is 1. The van der Waals surface area contributed by atoms with Crippen molar-refractivity contribution >= 4 is 18.0 Å². The number of aliphatic carboxylic acids is 1. The maximum Gasteiger partial charge on any atom is 0.411 e. The number of fused-ring (bicyclic) bond motifs is 2. The van der Waals surface area contributed by atoms with Crippen molar-refractivity contribution in [1.29, 1.82) is 0 Å². The second-order valence-electron chi connectivity index (χ2n) is 5.71. The van der Waals surface area contributed by atoms with Crippen molar-refractivity contribution in [3.05, 3.63) is 11.3 Å². The van der Waals surface area contributed by atoms with Crippen LogP contribution >= 0.6 is 0 Å². The van der Waals surface area contributed by atoms with Gasteiger partial charge in [0.2, 0.25) is 0 Å². The number of carbonyl (C=O) groups is 3. The summed E-state index contributed by atoms with van der Waals surface area (Å²) in [4.78, 5) is 36.9. The first-order valence-corrected chi connectivity index (χ1v) is 6.94. The van der Waals surface area contributed by atoms with E-state index in [2.05, 4.69) is 10.1 Å². The van der Waals surface area contributed by atoms with E-state index in [1.165, 1.54) is 12.0 Å². The standard InChI is InChI=1S/C14H20N2O5/c1-7(2)10(15-14(20)21-3)12(17)16-9-5-4-8(6-9)11(16)13(18)19/h8-9,11H,4-6H2,1-3H3,(H,15,20)(H,18,19)/t8?,9?,11-/m0/s1. The number of hydrogen-bond donors (Lipinski definition) is 2. The van der Waals surface area contributed by atoms with Crippen LogP contribution in [-0.4, -0.2) is 47.2 Å². The van der Waals surface area contributed by atoms with Crippen molar-refractivity contribution in [1.82, 2.24) is 10.2 Å². The number of carboxylic acid groups (broad SMARTS) is 1. The number of rotatable bonds is 3. The van der Waals surface area contributed by atoms with E-state index in [0.717, 1.165) is 19.3 Å². The fourth-order valence-electron chi connectivity index (χ4n) is 3.27.